The molecule has 1 N–H and O–H groups in total. The van der Waals surface area contributed by atoms with Crippen molar-refractivity contribution in [2.45, 2.75) is 0 Å². The van der Waals surface area contributed by atoms with Crippen molar-refractivity contribution in [2.24, 2.45) is 0 Å². The lowest BCUT2D eigenvalue weighted by molar-refractivity contribution is 0.125. The Kier molecular flexibility index (Phi) is 3.49. The quantitative estimate of drug-likeness (QED) is 0.834. The van der Waals surface area contributed by atoms with Gasteiger partial charge in [-0.15, -0.1) is 0 Å². The third kappa shape index (κ3) is 2.34. The van der Waals surface area contributed by atoms with E-state index < -0.39 is 6.09 Å². The van der Waals surface area contributed by atoms with Gasteiger partial charge in [-0.1, -0.05) is 12.1 Å². The molecule has 1 aliphatic heterocycles. The van der Waals surface area contributed by atoms with Crippen molar-refractivity contribution in [1.29, 1.82) is 0 Å². The highest BCUT2D eigenvalue weighted by molar-refractivity contribution is 5.93. The third-order valence-electron chi connectivity index (χ3n) is 2.78. The van der Waals surface area contributed by atoms with Gasteiger partial charge in [0.15, 0.2) is 0 Å². The third-order valence-corrected chi connectivity index (χ3v) is 2.78. The van der Waals surface area contributed by atoms with E-state index in [1.807, 2.05) is 31.3 Å². The van der Waals surface area contributed by atoms with Gasteiger partial charge in [-0.25, -0.2) is 4.79 Å². The van der Waals surface area contributed by atoms with Crippen LogP contribution >= 0.6 is 0 Å². The van der Waals surface area contributed by atoms with Crippen LogP contribution in [0.5, 0.6) is 0 Å². The second kappa shape index (κ2) is 5.05. The molecule has 5 heteroatoms. The van der Waals surface area contributed by atoms with E-state index in [0.717, 1.165) is 17.9 Å². The smallest absolute Gasteiger partial charge is 0.414 e. The van der Waals surface area contributed by atoms with Crippen LogP contribution in [0.25, 0.3) is 0 Å². The van der Waals surface area contributed by atoms with E-state index in [4.69, 9.17) is 9.84 Å². The van der Waals surface area contributed by atoms with Crippen LogP contribution in [0.4, 0.5) is 16.2 Å². The predicted octanol–water partition coefficient (Wildman–Crippen LogP) is 1.07. The standard InChI is InChI=1S/C12H16N2O3/c1-13-6-7-14(12(16)17-9-8-15)11-5-3-2-4-10(11)13/h2-5,15H,6-9H2,1H3. The second-order valence-corrected chi connectivity index (χ2v) is 3.90. The van der Waals surface area contributed by atoms with Gasteiger partial charge in [-0.05, 0) is 12.1 Å². The fourth-order valence-electron chi connectivity index (χ4n) is 1.91. The van der Waals surface area contributed by atoms with Gasteiger partial charge < -0.3 is 14.7 Å². The fraction of sp³-hybridized carbons (Fsp3) is 0.417. The first kappa shape index (κ1) is 11.7. The molecule has 0 saturated heterocycles. The highest BCUT2D eigenvalue weighted by Gasteiger charge is 2.25. The number of aliphatic hydroxyl groups is 1. The Bertz CT molecular complexity index is 408. The molecule has 0 aromatic heterocycles. The summed E-state index contributed by atoms with van der Waals surface area (Å²) >= 11 is 0. The number of benzene rings is 1. The molecule has 17 heavy (non-hydrogen) atoms. The number of ether oxygens (including phenoxy) is 1. The first-order valence-corrected chi connectivity index (χ1v) is 5.59. The summed E-state index contributed by atoms with van der Waals surface area (Å²) in [5.41, 5.74) is 1.86. The zero-order chi connectivity index (χ0) is 12.3. The lowest BCUT2D eigenvalue weighted by atomic mass is 10.2. The van der Waals surface area contributed by atoms with Gasteiger partial charge in [-0.2, -0.15) is 0 Å². The highest BCUT2D eigenvalue weighted by atomic mass is 16.6. The molecule has 1 aliphatic rings. The van der Waals surface area contributed by atoms with Crippen LogP contribution in [-0.2, 0) is 4.74 Å². The molecule has 1 aromatic rings. The summed E-state index contributed by atoms with van der Waals surface area (Å²) in [5, 5.41) is 8.65. The van der Waals surface area contributed by atoms with Crippen LogP contribution in [0.1, 0.15) is 0 Å². The number of anilines is 2. The predicted molar refractivity (Wildman–Crippen MR) is 65.5 cm³/mol. The summed E-state index contributed by atoms with van der Waals surface area (Å²) in [5.74, 6) is 0. The van der Waals surface area contributed by atoms with Crippen molar-refractivity contribution in [3.05, 3.63) is 24.3 Å². The summed E-state index contributed by atoms with van der Waals surface area (Å²) in [6.07, 6.45) is -0.403. The van der Waals surface area contributed by atoms with E-state index in [9.17, 15) is 4.79 Å². The van der Waals surface area contributed by atoms with E-state index in [1.165, 1.54) is 0 Å². The van der Waals surface area contributed by atoms with Crippen LogP contribution in [0.3, 0.4) is 0 Å². The second-order valence-electron chi connectivity index (χ2n) is 3.90. The summed E-state index contributed by atoms with van der Waals surface area (Å²) in [6, 6.07) is 7.70. The van der Waals surface area contributed by atoms with Gasteiger partial charge in [0.05, 0.1) is 18.0 Å². The lowest BCUT2D eigenvalue weighted by Gasteiger charge is -2.34. The number of likely N-dealkylation sites (N-methyl/N-ethyl adjacent to an activating group) is 1. The number of nitrogens with zero attached hydrogens (tertiary/aromatic N) is 2. The van der Waals surface area contributed by atoms with Crippen LogP contribution in [-0.4, -0.2) is 44.6 Å². The molecular formula is C12H16N2O3. The van der Waals surface area contributed by atoms with E-state index >= 15 is 0 Å². The Morgan fingerprint density at radius 1 is 1.35 bits per heavy atom. The molecule has 1 aromatic carbocycles. The van der Waals surface area contributed by atoms with Crippen LogP contribution in [0.2, 0.25) is 0 Å². The Hall–Kier alpha value is -1.75. The van der Waals surface area contributed by atoms with Crippen molar-refractivity contribution < 1.29 is 14.6 Å². The SMILES string of the molecule is CN1CCN(C(=O)OCCO)c2ccccc21. The monoisotopic (exact) mass is 236 g/mol. The van der Waals surface area contributed by atoms with Gasteiger partial charge in [0.2, 0.25) is 0 Å². The number of hydrogen-bond donors (Lipinski definition) is 1. The molecule has 0 atom stereocenters. The first-order chi connectivity index (χ1) is 8.24. The van der Waals surface area contributed by atoms with Crippen molar-refractivity contribution in [3.63, 3.8) is 0 Å². The zero-order valence-corrected chi connectivity index (χ0v) is 9.80. The molecule has 1 heterocycles. The molecule has 0 fully saturated rings. The minimum atomic E-state index is -0.403. The van der Waals surface area contributed by atoms with Crippen molar-refractivity contribution in [3.8, 4) is 0 Å². The van der Waals surface area contributed by atoms with Gasteiger partial charge >= 0.3 is 6.09 Å². The number of para-hydroxylation sites is 2. The summed E-state index contributed by atoms with van der Waals surface area (Å²) in [6.45, 7) is 1.25. The molecule has 1 amide bonds. The maximum absolute atomic E-state index is 11.8. The van der Waals surface area contributed by atoms with Gasteiger partial charge in [0.1, 0.15) is 6.61 Å². The maximum Gasteiger partial charge on any atom is 0.414 e. The van der Waals surface area contributed by atoms with Crippen molar-refractivity contribution in [1.82, 2.24) is 0 Å². The zero-order valence-electron chi connectivity index (χ0n) is 9.80. The van der Waals surface area contributed by atoms with E-state index in [2.05, 4.69) is 4.90 Å². The number of fused-ring (bicyclic) bond motifs is 1. The molecule has 92 valence electrons. The minimum Gasteiger partial charge on any atom is -0.447 e. The van der Waals surface area contributed by atoms with Crippen molar-refractivity contribution in [2.75, 3.05) is 43.2 Å². The molecule has 2 rings (SSSR count). The largest absolute Gasteiger partial charge is 0.447 e. The van der Waals surface area contributed by atoms with Crippen LogP contribution in [0.15, 0.2) is 24.3 Å². The molecule has 0 saturated carbocycles. The van der Waals surface area contributed by atoms with Gasteiger partial charge in [0, 0.05) is 20.1 Å². The Balaban J connectivity index is 2.21. The van der Waals surface area contributed by atoms with E-state index in [-0.39, 0.29) is 13.2 Å². The number of amides is 1. The number of carbonyl (C=O) groups excluding carboxylic acids is 1. The Labute approximate surface area is 100 Å². The van der Waals surface area contributed by atoms with Crippen molar-refractivity contribution >= 4 is 17.5 Å². The molecule has 0 unspecified atom stereocenters. The normalized spacial score (nSPS) is 14.5. The van der Waals surface area contributed by atoms with E-state index in [0.29, 0.717) is 6.54 Å². The maximum atomic E-state index is 11.8. The summed E-state index contributed by atoms with van der Waals surface area (Å²) < 4.78 is 4.94. The average Bonchev–Trinajstić information content (AvgIpc) is 2.37. The Morgan fingerprint density at radius 2 is 2.06 bits per heavy atom. The van der Waals surface area contributed by atoms with E-state index in [1.54, 1.807) is 4.90 Å². The van der Waals surface area contributed by atoms with Gasteiger partial charge in [-0.3, -0.25) is 4.90 Å². The summed E-state index contributed by atoms with van der Waals surface area (Å²) in [4.78, 5) is 15.5. The highest BCUT2D eigenvalue weighted by Crippen LogP contribution is 2.31. The average molecular weight is 236 g/mol. The Morgan fingerprint density at radius 3 is 2.76 bits per heavy atom. The lowest BCUT2D eigenvalue weighted by Crippen LogP contribution is -2.43. The number of aliphatic hydroxyl groups excluding tert-OH is 1. The number of rotatable bonds is 2. The first-order valence-electron chi connectivity index (χ1n) is 5.59. The minimum absolute atomic E-state index is 0.0351. The summed E-state index contributed by atoms with van der Waals surface area (Å²) in [7, 11) is 2.00. The molecular weight excluding hydrogens is 220 g/mol. The number of hydrogen-bond acceptors (Lipinski definition) is 4. The molecule has 0 radical (unpaired) electrons. The molecule has 0 aliphatic carbocycles. The fourth-order valence-corrected chi connectivity index (χ4v) is 1.91. The van der Waals surface area contributed by atoms with Crippen LogP contribution < -0.4 is 9.80 Å². The van der Waals surface area contributed by atoms with Gasteiger partial charge in [0.25, 0.3) is 0 Å². The molecule has 0 spiro atoms. The van der Waals surface area contributed by atoms with Crippen LogP contribution in [0, 0.1) is 0 Å². The molecule has 0 bridgehead atoms. The topological polar surface area (TPSA) is 53.0 Å². The molecule has 5 nitrogen and oxygen atoms in total. The number of carbonyl (C=O) groups is 1.